The second kappa shape index (κ2) is 16.5. The minimum atomic E-state index is -3.70. The van der Waals surface area contributed by atoms with Gasteiger partial charge in [0.25, 0.3) is 5.89 Å². The smallest absolute Gasteiger partial charge is 0.319 e. The van der Waals surface area contributed by atoms with Gasteiger partial charge in [-0.3, -0.25) is 0 Å². The van der Waals surface area contributed by atoms with Gasteiger partial charge in [0.05, 0.1) is 10.6 Å². The Morgan fingerprint density at radius 2 is 1.43 bits per heavy atom. The molecule has 0 radical (unpaired) electrons. The van der Waals surface area contributed by atoms with E-state index < -0.39 is 30.0 Å². The molecule has 4 aromatic carbocycles. The maximum Gasteiger partial charge on any atom is 0.319 e. The van der Waals surface area contributed by atoms with Gasteiger partial charge in [0.2, 0.25) is 0 Å². The molecule has 0 saturated heterocycles. The zero-order chi connectivity index (χ0) is 38.3. The van der Waals surface area contributed by atoms with Crippen molar-refractivity contribution in [3.8, 4) is 23.0 Å². The average molecular weight is 767 g/mol. The summed E-state index contributed by atoms with van der Waals surface area (Å²) < 4.78 is 49.5. The lowest BCUT2D eigenvalue weighted by Gasteiger charge is -2.43. The average Bonchev–Trinajstić information content (AvgIpc) is 3.76. The fourth-order valence-electron chi connectivity index (χ4n) is 6.50. The van der Waals surface area contributed by atoms with Gasteiger partial charge in [-0.25, -0.2) is 8.42 Å². The molecule has 0 aliphatic rings. The third kappa shape index (κ3) is 8.82. The normalized spacial score (nSPS) is 12.8. The van der Waals surface area contributed by atoms with Crippen molar-refractivity contribution in [2.75, 3.05) is 19.7 Å². The summed E-state index contributed by atoms with van der Waals surface area (Å²) in [4.78, 5) is 4.40. The van der Waals surface area contributed by atoms with E-state index in [4.69, 9.17) is 18.2 Å². The first-order chi connectivity index (χ1) is 25.9. The Labute approximate surface area is 317 Å². The molecule has 0 spiro atoms. The Morgan fingerprint density at radius 1 is 0.815 bits per heavy atom. The summed E-state index contributed by atoms with van der Waals surface area (Å²) in [5.74, 6) is 1.74. The summed E-state index contributed by atoms with van der Waals surface area (Å²) in [6.07, 6.45) is -0.0828. The highest BCUT2D eigenvalue weighted by Gasteiger charge is 2.52. The minimum Gasteiger partial charge on any atom is -0.534 e. The highest BCUT2D eigenvalue weighted by atomic mass is 32.2. The number of sulfone groups is 1. The number of aryl methyl sites for hydroxylation is 2. The Hall–Kier alpha value is -5.08. The predicted molar refractivity (Wildman–Crippen MR) is 209 cm³/mol. The van der Waals surface area contributed by atoms with Gasteiger partial charge in [0.1, 0.15) is 41.3 Å². The lowest BCUT2D eigenvalue weighted by atomic mass is 10.1. The monoisotopic (exact) mass is 766 g/mol. The molecule has 0 aliphatic carbocycles. The van der Waals surface area contributed by atoms with Gasteiger partial charge in [0.15, 0.2) is 15.7 Å². The second-order valence-corrected chi connectivity index (χ2v) is 20.5. The number of ether oxygens (including phenoxy) is 1. The standard InChI is InChI=1S/C41H46N4O7SSi/c1-29-39(30(2)50-44-29)40-43-38(45-51-40)28-53(47,48)35-22-16-31(17-23-35)24-25-42-26-32(46)27-49-33-18-20-34(21-19-33)52-54(41(3,4)5,36-12-8-6-9-13-36)37-14-10-7-11-15-37/h6-23,32,42,46H,24-28H2,1-5H3/t32-/m0/s1. The molecule has 11 nitrogen and oxygen atoms in total. The third-order valence-corrected chi connectivity index (χ3v) is 15.8. The molecule has 0 aliphatic heterocycles. The Kier molecular flexibility index (Phi) is 11.8. The molecular weight excluding hydrogens is 721 g/mol. The zero-order valence-electron chi connectivity index (χ0n) is 31.2. The first-order valence-corrected chi connectivity index (χ1v) is 21.4. The van der Waals surface area contributed by atoms with Crippen LogP contribution in [-0.4, -0.2) is 62.9 Å². The van der Waals surface area contributed by atoms with Crippen LogP contribution in [0.1, 0.15) is 43.6 Å². The van der Waals surface area contributed by atoms with Crippen molar-refractivity contribution in [1.29, 1.82) is 0 Å². The van der Waals surface area contributed by atoms with Crippen molar-refractivity contribution in [2.45, 2.75) is 62.8 Å². The van der Waals surface area contributed by atoms with Gasteiger partial charge in [-0.15, -0.1) is 0 Å². The van der Waals surface area contributed by atoms with Crippen molar-refractivity contribution < 1.29 is 31.7 Å². The lowest BCUT2D eigenvalue weighted by Crippen LogP contribution is -2.68. The second-order valence-electron chi connectivity index (χ2n) is 14.3. The van der Waals surface area contributed by atoms with Crippen LogP contribution in [0, 0.1) is 13.8 Å². The van der Waals surface area contributed by atoms with Crippen molar-refractivity contribution in [3.63, 3.8) is 0 Å². The fraction of sp³-hybridized carbons (Fsp3) is 0.293. The molecule has 6 aromatic rings. The molecule has 0 unspecified atom stereocenters. The molecule has 0 amide bonds. The molecular formula is C41H46N4O7SSi. The summed E-state index contributed by atoms with van der Waals surface area (Å²) in [5.41, 5.74) is 2.10. The molecule has 6 rings (SSSR count). The first-order valence-electron chi connectivity index (χ1n) is 17.8. The molecule has 13 heteroatoms. The lowest BCUT2D eigenvalue weighted by molar-refractivity contribution is 0.106. The number of nitrogens with zero attached hydrogens (tertiary/aromatic N) is 3. The van der Waals surface area contributed by atoms with E-state index in [0.29, 0.717) is 42.3 Å². The number of aromatic nitrogens is 3. The Balaban J connectivity index is 0.969. The van der Waals surface area contributed by atoms with Crippen LogP contribution >= 0.6 is 0 Å². The number of nitrogens with one attached hydrogen (secondary N) is 1. The van der Waals surface area contributed by atoms with Crippen LogP contribution in [-0.2, 0) is 22.0 Å². The van der Waals surface area contributed by atoms with E-state index >= 15 is 0 Å². The molecule has 1 atom stereocenters. The van der Waals surface area contributed by atoms with Crippen molar-refractivity contribution in [1.82, 2.24) is 20.6 Å². The van der Waals surface area contributed by atoms with Crippen molar-refractivity contribution >= 4 is 28.5 Å². The van der Waals surface area contributed by atoms with E-state index in [1.54, 1.807) is 38.1 Å². The maximum atomic E-state index is 13.0. The summed E-state index contributed by atoms with van der Waals surface area (Å²) in [7, 11) is -6.45. The van der Waals surface area contributed by atoms with Gasteiger partial charge in [-0.05, 0) is 84.2 Å². The van der Waals surface area contributed by atoms with Crippen molar-refractivity contribution in [2.24, 2.45) is 0 Å². The summed E-state index contributed by atoms with van der Waals surface area (Å²) in [5, 5.41) is 23.8. The summed E-state index contributed by atoms with van der Waals surface area (Å²) in [6, 6.07) is 35.3. The number of hydrogen-bond donors (Lipinski definition) is 2. The third-order valence-electron chi connectivity index (χ3n) is 9.24. The van der Waals surface area contributed by atoms with Crippen LogP contribution in [0.5, 0.6) is 11.5 Å². The number of benzene rings is 4. The number of aliphatic hydroxyl groups excluding tert-OH is 1. The first kappa shape index (κ1) is 38.6. The van der Waals surface area contributed by atoms with Crippen LogP contribution in [0.3, 0.4) is 0 Å². The highest BCUT2D eigenvalue weighted by Crippen LogP contribution is 2.38. The summed E-state index contributed by atoms with van der Waals surface area (Å²) >= 11 is 0. The largest absolute Gasteiger partial charge is 0.534 e. The van der Waals surface area contributed by atoms with Crippen LogP contribution in [0.25, 0.3) is 11.5 Å². The van der Waals surface area contributed by atoms with E-state index in [0.717, 1.165) is 11.3 Å². The van der Waals surface area contributed by atoms with E-state index in [-0.39, 0.29) is 28.3 Å². The van der Waals surface area contributed by atoms with Crippen LogP contribution < -0.4 is 24.9 Å². The summed E-state index contributed by atoms with van der Waals surface area (Å²) in [6.45, 7) is 11.2. The molecule has 54 heavy (non-hydrogen) atoms. The topological polar surface area (TPSA) is 150 Å². The maximum absolute atomic E-state index is 13.0. The molecule has 0 fully saturated rings. The highest BCUT2D eigenvalue weighted by molar-refractivity contribution is 7.90. The number of aliphatic hydroxyl groups is 1. The minimum absolute atomic E-state index is 0.0539. The molecule has 0 saturated carbocycles. The van der Waals surface area contributed by atoms with Crippen LogP contribution in [0.15, 0.2) is 123 Å². The van der Waals surface area contributed by atoms with Gasteiger partial charge >= 0.3 is 8.32 Å². The quantitative estimate of drug-likeness (QED) is 0.0906. The van der Waals surface area contributed by atoms with Crippen LogP contribution in [0.2, 0.25) is 5.04 Å². The van der Waals surface area contributed by atoms with Gasteiger partial charge in [-0.1, -0.05) is 104 Å². The van der Waals surface area contributed by atoms with E-state index in [1.807, 2.05) is 36.4 Å². The molecule has 2 aromatic heterocycles. The predicted octanol–water partition coefficient (Wildman–Crippen LogP) is 5.83. The van der Waals surface area contributed by atoms with Gasteiger partial charge < -0.3 is 28.6 Å². The zero-order valence-corrected chi connectivity index (χ0v) is 33.0. The molecule has 282 valence electrons. The van der Waals surface area contributed by atoms with E-state index in [1.165, 1.54) is 10.4 Å². The molecule has 0 bridgehead atoms. The van der Waals surface area contributed by atoms with E-state index in [9.17, 15) is 13.5 Å². The Bertz CT molecular complexity index is 2160. The van der Waals surface area contributed by atoms with Gasteiger partial charge in [0, 0.05) is 6.54 Å². The van der Waals surface area contributed by atoms with Crippen LogP contribution in [0.4, 0.5) is 0 Å². The Morgan fingerprint density at radius 3 is 2.00 bits per heavy atom. The SMILES string of the molecule is Cc1noc(C)c1-c1nc(CS(=O)(=O)c2ccc(CCNC[C@H](O)COc3ccc(O[Si](c4ccccc4)(c4ccccc4)C(C)(C)C)cc3)cc2)no1. The number of rotatable bonds is 16. The van der Waals surface area contributed by atoms with E-state index in [2.05, 4.69) is 89.9 Å². The van der Waals surface area contributed by atoms with Crippen molar-refractivity contribution in [3.05, 3.63) is 132 Å². The number of hydrogen-bond acceptors (Lipinski definition) is 11. The molecule has 2 N–H and O–H groups in total. The van der Waals surface area contributed by atoms with Gasteiger partial charge in [-0.2, -0.15) is 4.98 Å². The fourth-order valence-corrected chi connectivity index (χ4v) is 12.1. The molecule has 2 heterocycles.